The molecule has 2 aromatic carbocycles. The zero-order valence-electron chi connectivity index (χ0n) is 16.2. The molecule has 0 N–H and O–H groups in total. The average Bonchev–Trinajstić information content (AvgIpc) is 3.04. The summed E-state index contributed by atoms with van der Waals surface area (Å²) in [5.74, 6) is 1.45. The van der Waals surface area contributed by atoms with Crippen LogP contribution in [0.4, 0.5) is 4.39 Å². The molecule has 0 saturated carbocycles. The van der Waals surface area contributed by atoms with Gasteiger partial charge in [0.25, 0.3) is 0 Å². The molecule has 0 bridgehead atoms. The molecule has 0 radical (unpaired) electrons. The van der Waals surface area contributed by atoms with Crippen LogP contribution in [0.5, 0.6) is 0 Å². The van der Waals surface area contributed by atoms with E-state index in [1.165, 1.54) is 23.5 Å². The van der Waals surface area contributed by atoms with Crippen LogP contribution in [0, 0.1) is 18.2 Å². The van der Waals surface area contributed by atoms with Crippen molar-refractivity contribution in [2.75, 3.05) is 12.0 Å². The number of hydrogen-bond acceptors (Lipinski definition) is 5. The number of amides is 1. The third-order valence-corrected chi connectivity index (χ3v) is 7.92. The summed E-state index contributed by atoms with van der Waals surface area (Å²) in [5, 5.41) is 0. The van der Waals surface area contributed by atoms with E-state index in [4.69, 9.17) is 6.42 Å². The number of rotatable bonds is 7. The first kappa shape index (κ1) is 22.3. The first-order valence-electron chi connectivity index (χ1n) is 9.01. The van der Waals surface area contributed by atoms with Crippen molar-refractivity contribution in [3.63, 3.8) is 0 Å². The van der Waals surface area contributed by atoms with E-state index in [9.17, 15) is 17.6 Å². The standard InChI is InChI=1S/C21H19FN2O3S3/c1-3-12-24-18-11-8-16(28-2)14-19(18)29-21(24)23-20(25)5-4-13-30(26,27)17-9-6-15(22)7-10-17/h1,6-11,14H,4-5,12-13H2,2H3. The molecule has 1 amide bonds. The Labute approximate surface area is 182 Å². The van der Waals surface area contributed by atoms with Crippen LogP contribution >= 0.6 is 23.1 Å². The molecule has 1 heterocycles. The first-order chi connectivity index (χ1) is 14.3. The molecule has 0 aliphatic carbocycles. The Bertz CT molecular complexity index is 1280. The molecule has 1 aromatic heterocycles. The molecule has 0 saturated heterocycles. The van der Waals surface area contributed by atoms with Crippen LogP contribution in [0.1, 0.15) is 12.8 Å². The predicted molar refractivity (Wildman–Crippen MR) is 119 cm³/mol. The smallest absolute Gasteiger partial charge is 0.248 e. The van der Waals surface area contributed by atoms with E-state index in [1.807, 2.05) is 24.5 Å². The van der Waals surface area contributed by atoms with Gasteiger partial charge in [-0.3, -0.25) is 4.79 Å². The van der Waals surface area contributed by atoms with Crippen LogP contribution in [0.3, 0.4) is 0 Å². The number of nitrogens with zero attached hydrogens (tertiary/aromatic N) is 2. The Hall–Kier alpha value is -2.41. The summed E-state index contributed by atoms with van der Waals surface area (Å²) >= 11 is 2.99. The Morgan fingerprint density at radius 1 is 1.27 bits per heavy atom. The lowest BCUT2D eigenvalue weighted by Gasteiger charge is -2.03. The number of carbonyl (C=O) groups is 1. The molecule has 0 unspecified atom stereocenters. The second-order valence-corrected chi connectivity index (χ2v) is 10.4. The van der Waals surface area contributed by atoms with Gasteiger partial charge < -0.3 is 4.57 Å². The van der Waals surface area contributed by atoms with Gasteiger partial charge in [0.15, 0.2) is 14.6 Å². The molecule has 0 aliphatic rings. The lowest BCUT2D eigenvalue weighted by molar-refractivity contribution is -0.118. The molecule has 0 spiro atoms. The second kappa shape index (κ2) is 9.60. The predicted octanol–water partition coefficient (Wildman–Crippen LogP) is 3.88. The summed E-state index contributed by atoms with van der Waals surface area (Å²) in [5.41, 5.74) is 0.904. The van der Waals surface area contributed by atoms with E-state index < -0.39 is 21.6 Å². The van der Waals surface area contributed by atoms with Gasteiger partial charge in [0, 0.05) is 11.3 Å². The minimum absolute atomic E-state index is 0.0131. The highest BCUT2D eigenvalue weighted by atomic mass is 32.2. The summed E-state index contributed by atoms with van der Waals surface area (Å²) in [6.07, 6.45) is 7.57. The van der Waals surface area contributed by atoms with Gasteiger partial charge in [0.1, 0.15) is 5.82 Å². The zero-order valence-corrected chi connectivity index (χ0v) is 18.6. The Balaban J connectivity index is 1.76. The molecule has 0 fully saturated rings. The Kier molecular flexibility index (Phi) is 7.13. The van der Waals surface area contributed by atoms with Gasteiger partial charge in [0.2, 0.25) is 5.91 Å². The third-order valence-electron chi connectivity index (χ3n) is 4.34. The van der Waals surface area contributed by atoms with Crippen molar-refractivity contribution < 1.29 is 17.6 Å². The number of aromatic nitrogens is 1. The molecule has 156 valence electrons. The minimum Gasteiger partial charge on any atom is -0.305 e. The van der Waals surface area contributed by atoms with Gasteiger partial charge in [-0.15, -0.1) is 18.2 Å². The molecule has 3 aromatic rings. The number of hydrogen-bond donors (Lipinski definition) is 0. The average molecular weight is 463 g/mol. The van der Waals surface area contributed by atoms with Gasteiger partial charge in [-0.05, 0) is 55.1 Å². The number of carbonyl (C=O) groups excluding carboxylic acids is 1. The van der Waals surface area contributed by atoms with Crippen LogP contribution < -0.4 is 4.80 Å². The fourth-order valence-corrected chi connectivity index (χ4v) is 5.76. The van der Waals surface area contributed by atoms with Crippen LogP contribution in [-0.4, -0.2) is 30.9 Å². The highest BCUT2D eigenvalue weighted by molar-refractivity contribution is 7.98. The Morgan fingerprint density at radius 3 is 2.67 bits per heavy atom. The van der Waals surface area contributed by atoms with Gasteiger partial charge in [-0.1, -0.05) is 17.3 Å². The van der Waals surface area contributed by atoms with Crippen molar-refractivity contribution in [2.45, 2.75) is 29.2 Å². The molecule has 3 rings (SSSR count). The van der Waals surface area contributed by atoms with Crippen LogP contribution in [0.2, 0.25) is 0 Å². The SMILES string of the molecule is C#CCn1c(=NC(=O)CCCS(=O)(=O)c2ccc(F)cc2)sc2cc(SC)ccc21. The lowest BCUT2D eigenvalue weighted by atomic mass is 10.3. The van der Waals surface area contributed by atoms with Crippen molar-refractivity contribution >= 4 is 49.1 Å². The molecular formula is C21H19FN2O3S3. The molecule has 0 atom stereocenters. The minimum atomic E-state index is -3.58. The lowest BCUT2D eigenvalue weighted by Crippen LogP contribution is -2.16. The number of benzene rings is 2. The number of halogens is 1. The normalized spacial score (nSPS) is 12.2. The monoisotopic (exact) mass is 462 g/mol. The van der Waals surface area contributed by atoms with Crippen LogP contribution in [0.15, 0.2) is 57.2 Å². The summed E-state index contributed by atoms with van der Waals surface area (Å²) in [7, 11) is -3.58. The van der Waals surface area contributed by atoms with E-state index >= 15 is 0 Å². The number of thioether (sulfide) groups is 1. The highest BCUT2D eigenvalue weighted by Gasteiger charge is 2.15. The molecule has 30 heavy (non-hydrogen) atoms. The maximum atomic E-state index is 13.0. The van der Waals surface area contributed by atoms with Crippen LogP contribution in [-0.2, 0) is 21.2 Å². The Morgan fingerprint density at radius 2 is 2.00 bits per heavy atom. The summed E-state index contributed by atoms with van der Waals surface area (Å²) in [6.45, 7) is 0.281. The van der Waals surface area contributed by atoms with Crippen molar-refractivity contribution in [3.8, 4) is 12.3 Å². The summed E-state index contributed by atoms with van der Waals surface area (Å²) in [4.78, 5) is 18.2. The van der Waals surface area contributed by atoms with Gasteiger partial charge in [0.05, 0.1) is 27.4 Å². The fraction of sp³-hybridized carbons (Fsp3) is 0.238. The van der Waals surface area contributed by atoms with Crippen molar-refractivity contribution in [1.82, 2.24) is 4.57 Å². The molecular weight excluding hydrogens is 443 g/mol. The maximum Gasteiger partial charge on any atom is 0.248 e. The quantitative estimate of drug-likeness (QED) is 0.304. The highest BCUT2D eigenvalue weighted by Crippen LogP contribution is 2.24. The summed E-state index contributed by atoms with van der Waals surface area (Å²) in [6, 6.07) is 10.6. The number of sulfone groups is 1. The number of terminal acetylenes is 1. The van der Waals surface area contributed by atoms with Gasteiger partial charge in [-0.2, -0.15) is 4.99 Å². The maximum absolute atomic E-state index is 13.0. The van der Waals surface area contributed by atoms with E-state index in [0.29, 0.717) is 4.80 Å². The van der Waals surface area contributed by atoms with Crippen molar-refractivity contribution in [3.05, 3.63) is 53.1 Å². The van der Waals surface area contributed by atoms with Crippen molar-refractivity contribution in [1.29, 1.82) is 0 Å². The van der Waals surface area contributed by atoms with Gasteiger partial charge >= 0.3 is 0 Å². The third kappa shape index (κ3) is 5.19. The molecule has 9 heteroatoms. The first-order valence-corrected chi connectivity index (χ1v) is 12.7. The van der Waals surface area contributed by atoms with Crippen molar-refractivity contribution in [2.24, 2.45) is 4.99 Å². The summed E-state index contributed by atoms with van der Waals surface area (Å²) < 4.78 is 40.4. The largest absolute Gasteiger partial charge is 0.305 e. The van der Waals surface area contributed by atoms with E-state index in [0.717, 1.165) is 27.2 Å². The molecule has 0 aliphatic heterocycles. The van der Waals surface area contributed by atoms with Crippen LogP contribution in [0.25, 0.3) is 10.2 Å². The number of thiazole rings is 1. The van der Waals surface area contributed by atoms with E-state index in [1.54, 1.807) is 16.3 Å². The second-order valence-electron chi connectivity index (χ2n) is 6.39. The van der Waals surface area contributed by atoms with E-state index in [-0.39, 0.29) is 30.0 Å². The number of fused-ring (bicyclic) bond motifs is 1. The fourth-order valence-electron chi connectivity index (χ4n) is 2.85. The topological polar surface area (TPSA) is 68.5 Å². The molecule has 5 nitrogen and oxygen atoms in total. The van der Waals surface area contributed by atoms with Gasteiger partial charge in [-0.25, -0.2) is 12.8 Å². The zero-order chi connectivity index (χ0) is 21.7. The van der Waals surface area contributed by atoms with E-state index in [2.05, 4.69) is 10.9 Å².